The molecule has 0 bridgehead atoms. The molecule has 0 aliphatic rings. The Bertz CT molecular complexity index is 504. The number of aryl methyl sites for hydroxylation is 2. The molecule has 0 aliphatic heterocycles. The minimum absolute atomic E-state index is 0.223. The van der Waals surface area contributed by atoms with Gasteiger partial charge in [-0.1, -0.05) is 32.9 Å². The van der Waals surface area contributed by atoms with Gasteiger partial charge < -0.3 is 4.98 Å². The van der Waals surface area contributed by atoms with Crippen molar-refractivity contribution in [3.63, 3.8) is 0 Å². The second-order valence-electron chi connectivity index (χ2n) is 6.21. The highest BCUT2D eigenvalue weighted by Crippen LogP contribution is 2.27. The summed E-state index contributed by atoms with van der Waals surface area (Å²) in [5.41, 5.74) is 7.17. The lowest BCUT2D eigenvalue weighted by Crippen LogP contribution is -2.12. The van der Waals surface area contributed by atoms with Gasteiger partial charge in [-0.05, 0) is 53.6 Å². The Balaban J connectivity index is 2.38. The standard InChI is InChI=1S/C17H23N/c1-12-9-14(17(3,4)5)10-13(2)16(12)11-15-7-6-8-18-15/h6-10,18H,11H2,1-5H3. The van der Waals surface area contributed by atoms with Crippen LogP contribution < -0.4 is 0 Å². The smallest absolute Gasteiger partial charge is 0.0191 e. The van der Waals surface area contributed by atoms with Crippen LogP contribution in [0.5, 0.6) is 0 Å². The molecule has 96 valence electrons. The summed E-state index contributed by atoms with van der Waals surface area (Å²) in [6.45, 7) is 11.3. The van der Waals surface area contributed by atoms with Crippen LogP contribution in [0.15, 0.2) is 30.5 Å². The van der Waals surface area contributed by atoms with Gasteiger partial charge in [-0.2, -0.15) is 0 Å². The van der Waals surface area contributed by atoms with Crippen LogP contribution in [0.4, 0.5) is 0 Å². The van der Waals surface area contributed by atoms with Crippen LogP contribution in [0, 0.1) is 13.8 Å². The summed E-state index contributed by atoms with van der Waals surface area (Å²) in [5, 5.41) is 0. The van der Waals surface area contributed by atoms with Crippen LogP contribution >= 0.6 is 0 Å². The molecule has 0 radical (unpaired) electrons. The zero-order valence-corrected chi connectivity index (χ0v) is 12.1. The van der Waals surface area contributed by atoms with Gasteiger partial charge in [0, 0.05) is 18.3 Å². The molecule has 18 heavy (non-hydrogen) atoms. The topological polar surface area (TPSA) is 15.8 Å². The number of nitrogens with one attached hydrogen (secondary N) is 1. The van der Waals surface area contributed by atoms with Gasteiger partial charge in [0.15, 0.2) is 0 Å². The Kier molecular flexibility index (Phi) is 3.34. The highest BCUT2D eigenvalue weighted by molar-refractivity contribution is 5.42. The molecule has 0 saturated heterocycles. The number of rotatable bonds is 2. The van der Waals surface area contributed by atoms with Crippen LogP contribution in [0.2, 0.25) is 0 Å². The maximum Gasteiger partial charge on any atom is 0.0191 e. The largest absolute Gasteiger partial charge is 0.365 e. The summed E-state index contributed by atoms with van der Waals surface area (Å²) in [4.78, 5) is 3.28. The summed E-state index contributed by atoms with van der Waals surface area (Å²) in [6, 6.07) is 8.89. The van der Waals surface area contributed by atoms with Gasteiger partial charge in [-0.25, -0.2) is 0 Å². The van der Waals surface area contributed by atoms with Crippen molar-refractivity contribution in [3.8, 4) is 0 Å². The van der Waals surface area contributed by atoms with Crippen molar-refractivity contribution >= 4 is 0 Å². The molecule has 1 N–H and O–H groups in total. The average Bonchev–Trinajstić information content (AvgIpc) is 2.74. The lowest BCUT2D eigenvalue weighted by Gasteiger charge is -2.22. The van der Waals surface area contributed by atoms with Gasteiger partial charge in [0.05, 0.1) is 0 Å². The van der Waals surface area contributed by atoms with Gasteiger partial charge in [0.1, 0.15) is 0 Å². The van der Waals surface area contributed by atoms with Gasteiger partial charge in [-0.3, -0.25) is 0 Å². The van der Waals surface area contributed by atoms with Crippen LogP contribution in [0.1, 0.15) is 48.7 Å². The fraction of sp³-hybridized carbons (Fsp3) is 0.412. The van der Waals surface area contributed by atoms with Crippen LogP contribution in [0.25, 0.3) is 0 Å². The molecule has 1 aromatic heterocycles. The molecule has 2 rings (SSSR count). The SMILES string of the molecule is Cc1cc(C(C)(C)C)cc(C)c1Cc1ccc[nH]1. The van der Waals surface area contributed by atoms with Crippen LogP contribution in [0.3, 0.4) is 0 Å². The first-order valence-electron chi connectivity index (χ1n) is 6.61. The Morgan fingerprint density at radius 3 is 2.11 bits per heavy atom. The van der Waals surface area contributed by atoms with E-state index in [0.717, 1.165) is 6.42 Å². The van der Waals surface area contributed by atoms with E-state index in [1.807, 2.05) is 6.20 Å². The molecule has 0 unspecified atom stereocenters. The Labute approximate surface area is 110 Å². The molecule has 0 spiro atoms. The van der Waals surface area contributed by atoms with E-state index in [4.69, 9.17) is 0 Å². The van der Waals surface area contributed by atoms with E-state index >= 15 is 0 Å². The van der Waals surface area contributed by atoms with E-state index in [2.05, 4.69) is 63.9 Å². The minimum Gasteiger partial charge on any atom is -0.365 e. The first kappa shape index (κ1) is 12.9. The summed E-state index contributed by atoms with van der Waals surface area (Å²) < 4.78 is 0. The predicted molar refractivity (Wildman–Crippen MR) is 78.2 cm³/mol. The molecule has 0 aliphatic carbocycles. The highest BCUT2D eigenvalue weighted by Gasteiger charge is 2.16. The highest BCUT2D eigenvalue weighted by atomic mass is 14.7. The third-order valence-corrected chi connectivity index (χ3v) is 3.59. The maximum atomic E-state index is 3.28. The zero-order valence-electron chi connectivity index (χ0n) is 12.1. The minimum atomic E-state index is 0.223. The normalized spacial score (nSPS) is 11.8. The number of benzene rings is 1. The molecule has 2 aromatic rings. The summed E-state index contributed by atoms with van der Waals surface area (Å²) in [6.07, 6.45) is 2.98. The monoisotopic (exact) mass is 241 g/mol. The Hall–Kier alpha value is -1.50. The summed E-state index contributed by atoms with van der Waals surface area (Å²) in [5.74, 6) is 0. The van der Waals surface area contributed by atoms with E-state index in [1.54, 1.807) is 0 Å². The van der Waals surface area contributed by atoms with Crippen molar-refractivity contribution in [3.05, 3.63) is 58.4 Å². The number of aromatic amines is 1. The van der Waals surface area contributed by atoms with Gasteiger partial charge in [-0.15, -0.1) is 0 Å². The molecule has 0 atom stereocenters. The van der Waals surface area contributed by atoms with Gasteiger partial charge in [0.25, 0.3) is 0 Å². The van der Waals surface area contributed by atoms with Crippen molar-refractivity contribution < 1.29 is 0 Å². The van der Waals surface area contributed by atoms with Gasteiger partial charge in [0.2, 0.25) is 0 Å². The molecule has 0 saturated carbocycles. The lowest BCUT2D eigenvalue weighted by atomic mass is 9.83. The molecule has 1 nitrogen and oxygen atoms in total. The number of H-pyrrole nitrogens is 1. The Morgan fingerprint density at radius 1 is 1.06 bits per heavy atom. The van der Waals surface area contributed by atoms with Crippen molar-refractivity contribution in [2.45, 2.75) is 46.5 Å². The molecule has 1 heteroatoms. The Morgan fingerprint density at radius 2 is 1.67 bits per heavy atom. The van der Waals surface area contributed by atoms with Crippen molar-refractivity contribution in [2.75, 3.05) is 0 Å². The third-order valence-electron chi connectivity index (χ3n) is 3.59. The maximum absolute atomic E-state index is 3.28. The van der Waals surface area contributed by atoms with Gasteiger partial charge >= 0.3 is 0 Å². The molecular weight excluding hydrogens is 218 g/mol. The lowest BCUT2D eigenvalue weighted by molar-refractivity contribution is 0.588. The summed E-state index contributed by atoms with van der Waals surface area (Å²) in [7, 11) is 0. The third kappa shape index (κ3) is 2.66. The van der Waals surface area contributed by atoms with E-state index in [-0.39, 0.29) is 5.41 Å². The molecule has 0 fully saturated rings. The van der Waals surface area contributed by atoms with Crippen molar-refractivity contribution in [1.82, 2.24) is 4.98 Å². The molecule has 1 heterocycles. The molecule has 1 aromatic carbocycles. The molecule has 0 amide bonds. The summed E-state index contributed by atoms with van der Waals surface area (Å²) >= 11 is 0. The molecular formula is C17H23N. The average molecular weight is 241 g/mol. The second kappa shape index (κ2) is 4.64. The first-order valence-corrected chi connectivity index (χ1v) is 6.61. The van der Waals surface area contributed by atoms with Crippen molar-refractivity contribution in [1.29, 1.82) is 0 Å². The fourth-order valence-electron chi connectivity index (χ4n) is 2.37. The van der Waals surface area contributed by atoms with Crippen LogP contribution in [-0.2, 0) is 11.8 Å². The number of aromatic nitrogens is 1. The van der Waals surface area contributed by atoms with E-state index in [9.17, 15) is 0 Å². The quantitative estimate of drug-likeness (QED) is 0.795. The number of hydrogen-bond donors (Lipinski definition) is 1. The predicted octanol–water partition coefficient (Wildman–Crippen LogP) is 4.52. The zero-order chi connectivity index (χ0) is 13.3. The first-order chi connectivity index (χ1) is 8.38. The second-order valence-corrected chi connectivity index (χ2v) is 6.21. The van der Waals surface area contributed by atoms with E-state index in [0.29, 0.717) is 0 Å². The van der Waals surface area contributed by atoms with E-state index < -0.39 is 0 Å². The van der Waals surface area contributed by atoms with Crippen molar-refractivity contribution in [2.24, 2.45) is 0 Å². The number of hydrogen-bond acceptors (Lipinski definition) is 0. The fourth-order valence-corrected chi connectivity index (χ4v) is 2.37. The van der Waals surface area contributed by atoms with Crippen LogP contribution in [-0.4, -0.2) is 4.98 Å². The van der Waals surface area contributed by atoms with E-state index in [1.165, 1.54) is 27.9 Å².